The lowest BCUT2D eigenvalue weighted by molar-refractivity contribution is -0.121. The minimum Gasteiger partial charge on any atom is -0.491 e. The van der Waals surface area contributed by atoms with Crippen LogP contribution in [0.25, 0.3) is 11.2 Å². The third-order valence-corrected chi connectivity index (χ3v) is 4.80. The number of imidazole rings is 1. The van der Waals surface area contributed by atoms with E-state index in [-0.39, 0.29) is 5.91 Å². The smallest absolute Gasteiger partial charge is 0.332 e. The number of ether oxygens (including phenoxy) is 1. The van der Waals surface area contributed by atoms with Crippen LogP contribution in [0.3, 0.4) is 0 Å². The van der Waals surface area contributed by atoms with Gasteiger partial charge in [-0.1, -0.05) is 18.2 Å². The highest BCUT2D eigenvalue weighted by molar-refractivity contribution is 5.75. The summed E-state index contributed by atoms with van der Waals surface area (Å²) in [5.41, 5.74) is 0.950. The van der Waals surface area contributed by atoms with Gasteiger partial charge in [-0.25, -0.2) is 9.78 Å². The van der Waals surface area contributed by atoms with Gasteiger partial charge in [0.05, 0.1) is 12.9 Å². The lowest BCUT2D eigenvalue weighted by atomic mass is 10.2. The SMILES string of the molecule is Cc1ccccc1OCCNC(=O)CCCn1cnc2c1c(=O)n(C)c(=O)n2C. The topological polar surface area (TPSA) is 100 Å². The van der Waals surface area contributed by atoms with Gasteiger partial charge in [0.1, 0.15) is 12.4 Å². The van der Waals surface area contributed by atoms with Crippen LogP contribution in [0.2, 0.25) is 0 Å². The number of carbonyl (C=O) groups excluding carboxylic acids is 1. The van der Waals surface area contributed by atoms with E-state index in [0.29, 0.717) is 43.7 Å². The Hall–Kier alpha value is -3.36. The van der Waals surface area contributed by atoms with Crippen molar-refractivity contribution in [3.8, 4) is 5.75 Å². The average molecular weight is 399 g/mol. The van der Waals surface area contributed by atoms with Crippen molar-refractivity contribution < 1.29 is 9.53 Å². The first-order valence-corrected chi connectivity index (χ1v) is 9.46. The van der Waals surface area contributed by atoms with E-state index in [4.69, 9.17) is 4.74 Å². The van der Waals surface area contributed by atoms with Gasteiger partial charge < -0.3 is 14.6 Å². The highest BCUT2D eigenvalue weighted by atomic mass is 16.5. The van der Waals surface area contributed by atoms with E-state index in [0.717, 1.165) is 15.9 Å². The fraction of sp³-hybridized carbons (Fsp3) is 0.400. The summed E-state index contributed by atoms with van der Waals surface area (Å²) in [7, 11) is 3.02. The summed E-state index contributed by atoms with van der Waals surface area (Å²) in [5.74, 6) is 0.729. The third kappa shape index (κ3) is 4.39. The molecule has 9 nitrogen and oxygen atoms in total. The Morgan fingerprint density at radius 1 is 1.17 bits per heavy atom. The van der Waals surface area contributed by atoms with E-state index in [1.165, 1.54) is 17.9 Å². The summed E-state index contributed by atoms with van der Waals surface area (Å²) in [6.07, 6.45) is 2.39. The summed E-state index contributed by atoms with van der Waals surface area (Å²) < 4.78 is 9.74. The van der Waals surface area contributed by atoms with Crippen LogP contribution < -0.4 is 21.3 Å². The predicted molar refractivity (Wildman–Crippen MR) is 109 cm³/mol. The summed E-state index contributed by atoms with van der Waals surface area (Å²) in [6.45, 7) is 3.24. The maximum Gasteiger partial charge on any atom is 0.332 e. The normalized spacial score (nSPS) is 11.0. The molecule has 154 valence electrons. The van der Waals surface area contributed by atoms with Crippen molar-refractivity contribution >= 4 is 17.1 Å². The van der Waals surface area contributed by atoms with Gasteiger partial charge in [0.2, 0.25) is 5.91 Å². The maximum absolute atomic E-state index is 12.4. The summed E-state index contributed by atoms with van der Waals surface area (Å²) >= 11 is 0. The Kier molecular flexibility index (Phi) is 6.16. The number of amides is 1. The molecule has 2 aromatic heterocycles. The van der Waals surface area contributed by atoms with Gasteiger partial charge in [-0.2, -0.15) is 0 Å². The molecule has 0 unspecified atom stereocenters. The molecule has 0 aliphatic heterocycles. The Morgan fingerprint density at radius 2 is 1.93 bits per heavy atom. The Balaban J connectivity index is 1.49. The first-order valence-electron chi connectivity index (χ1n) is 9.46. The average Bonchev–Trinajstić information content (AvgIpc) is 3.13. The van der Waals surface area contributed by atoms with Crippen molar-refractivity contribution in [3.05, 3.63) is 57.0 Å². The monoisotopic (exact) mass is 399 g/mol. The number of para-hydroxylation sites is 1. The number of nitrogens with zero attached hydrogens (tertiary/aromatic N) is 4. The van der Waals surface area contributed by atoms with Gasteiger partial charge in [0, 0.05) is 27.1 Å². The quantitative estimate of drug-likeness (QED) is 0.563. The fourth-order valence-electron chi connectivity index (χ4n) is 3.13. The van der Waals surface area contributed by atoms with Crippen LogP contribution in [0.1, 0.15) is 18.4 Å². The van der Waals surface area contributed by atoms with Crippen molar-refractivity contribution in [2.45, 2.75) is 26.3 Å². The Labute approximate surface area is 167 Å². The summed E-state index contributed by atoms with van der Waals surface area (Å²) in [5, 5.41) is 2.83. The molecule has 0 saturated carbocycles. The van der Waals surface area contributed by atoms with E-state index in [1.807, 2.05) is 31.2 Å². The number of aryl methyl sites for hydroxylation is 3. The number of benzene rings is 1. The number of nitrogens with one attached hydrogen (secondary N) is 1. The van der Waals surface area contributed by atoms with Crippen LogP contribution in [0, 0.1) is 6.92 Å². The Bertz CT molecular complexity index is 1140. The van der Waals surface area contributed by atoms with Gasteiger partial charge in [0.25, 0.3) is 5.56 Å². The zero-order chi connectivity index (χ0) is 21.0. The van der Waals surface area contributed by atoms with Crippen molar-refractivity contribution in [3.63, 3.8) is 0 Å². The largest absolute Gasteiger partial charge is 0.491 e. The second-order valence-electron chi connectivity index (χ2n) is 6.88. The summed E-state index contributed by atoms with van der Waals surface area (Å²) in [6, 6.07) is 7.72. The molecule has 29 heavy (non-hydrogen) atoms. The molecule has 3 rings (SSSR count). The molecule has 0 aliphatic rings. The molecule has 2 heterocycles. The predicted octanol–water partition coefficient (Wildman–Crippen LogP) is 0.718. The molecular weight excluding hydrogens is 374 g/mol. The zero-order valence-electron chi connectivity index (χ0n) is 16.8. The van der Waals surface area contributed by atoms with E-state index in [2.05, 4.69) is 10.3 Å². The van der Waals surface area contributed by atoms with E-state index in [1.54, 1.807) is 11.6 Å². The summed E-state index contributed by atoms with van der Waals surface area (Å²) in [4.78, 5) is 40.6. The molecule has 3 aromatic rings. The third-order valence-electron chi connectivity index (χ3n) is 4.80. The molecule has 0 aliphatic carbocycles. The van der Waals surface area contributed by atoms with Crippen LogP contribution in [-0.2, 0) is 25.4 Å². The van der Waals surface area contributed by atoms with Gasteiger partial charge in [0.15, 0.2) is 11.2 Å². The Morgan fingerprint density at radius 3 is 2.69 bits per heavy atom. The molecule has 0 radical (unpaired) electrons. The number of fused-ring (bicyclic) bond motifs is 1. The lowest BCUT2D eigenvalue weighted by Gasteiger charge is -2.10. The number of rotatable bonds is 8. The first kappa shape index (κ1) is 20.4. The number of hydrogen-bond donors (Lipinski definition) is 1. The van der Waals surface area contributed by atoms with Crippen LogP contribution >= 0.6 is 0 Å². The molecule has 0 bridgehead atoms. The van der Waals surface area contributed by atoms with Gasteiger partial charge in [-0.05, 0) is 25.0 Å². The molecule has 1 N–H and O–H groups in total. The highest BCUT2D eigenvalue weighted by Crippen LogP contribution is 2.15. The molecule has 0 atom stereocenters. The molecule has 0 spiro atoms. The molecular formula is C20H25N5O4. The molecule has 1 amide bonds. The highest BCUT2D eigenvalue weighted by Gasteiger charge is 2.14. The number of carbonyl (C=O) groups is 1. The maximum atomic E-state index is 12.4. The molecule has 1 aromatic carbocycles. The molecule has 9 heteroatoms. The van der Waals surface area contributed by atoms with Gasteiger partial charge >= 0.3 is 5.69 Å². The fourth-order valence-corrected chi connectivity index (χ4v) is 3.13. The van der Waals surface area contributed by atoms with Crippen molar-refractivity contribution in [2.24, 2.45) is 14.1 Å². The van der Waals surface area contributed by atoms with E-state index >= 15 is 0 Å². The van der Waals surface area contributed by atoms with E-state index in [9.17, 15) is 14.4 Å². The van der Waals surface area contributed by atoms with Crippen molar-refractivity contribution in [1.82, 2.24) is 24.0 Å². The van der Waals surface area contributed by atoms with E-state index < -0.39 is 11.2 Å². The first-order chi connectivity index (χ1) is 13.9. The standard InChI is InChI=1S/C20H25N5O4/c1-14-7-4-5-8-15(14)29-12-10-21-16(26)9-6-11-25-13-22-18-17(25)19(27)24(3)20(28)23(18)2/h4-5,7-8,13H,6,9-12H2,1-3H3,(H,21,26). The zero-order valence-corrected chi connectivity index (χ0v) is 16.8. The van der Waals surface area contributed by atoms with Crippen molar-refractivity contribution in [1.29, 1.82) is 0 Å². The van der Waals surface area contributed by atoms with Gasteiger partial charge in [-0.15, -0.1) is 0 Å². The van der Waals surface area contributed by atoms with Gasteiger partial charge in [-0.3, -0.25) is 18.7 Å². The minimum atomic E-state index is -0.417. The van der Waals surface area contributed by atoms with Crippen LogP contribution in [0.4, 0.5) is 0 Å². The second-order valence-corrected chi connectivity index (χ2v) is 6.88. The molecule has 0 fully saturated rings. The molecule has 0 saturated heterocycles. The number of aromatic nitrogens is 4. The minimum absolute atomic E-state index is 0.0805. The number of hydrogen-bond acceptors (Lipinski definition) is 5. The lowest BCUT2D eigenvalue weighted by Crippen LogP contribution is -2.37. The van der Waals surface area contributed by atoms with Crippen LogP contribution in [0.5, 0.6) is 5.75 Å². The van der Waals surface area contributed by atoms with Crippen LogP contribution in [-0.4, -0.2) is 37.7 Å². The second kappa shape index (κ2) is 8.76. The van der Waals surface area contributed by atoms with Crippen molar-refractivity contribution in [2.75, 3.05) is 13.2 Å². The van der Waals surface area contributed by atoms with Crippen LogP contribution in [0.15, 0.2) is 40.2 Å².